The first-order valence-electron chi connectivity index (χ1n) is 8.87. The number of hydrogen-bond acceptors (Lipinski definition) is 4. The smallest absolute Gasteiger partial charge is 0.389 e. The van der Waals surface area contributed by atoms with Crippen LogP contribution in [0.1, 0.15) is 51.8 Å². The fourth-order valence-corrected chi connectivity index (χ4v) is 3.12. The van der Waals surface area contributed by atoms with E-state index in [4.69, 9.17) is 0 Å². The van der Waals surface area contributed by atoms with Crippen LogP contribution in [0.5, 0.6) is 0 Å². The summed E-state index contributed by atoms with van der Waals surface area (Å²) in [6.07, 6.45) is -11.9. The van der Waals surface area contributed by atoms with Gasteiger partial charge in [-0.05, 0) is 46.2 Å². The molecule has 6 nitrogen and oxygen atoms in total. The van der Waals surface area contributed by atoms with Gasteiger partial charge in [0.1, 0.15) is 11.2 Å². The zero-order valence-electron chi connectivity index (χ0n) is 17.0. The SMILES string of the molecule is Cc1cc2nc(NC(=O)CC(C)(O)CC(F)(F)F)n(C(C)(C)C)c2nc1C(F)(F)F. The van der Waals surface area contributed by atoms with Gasteiger partial charge in [-0.15, -0.1) is 0 Å². The standard InChI is InChI=1S/C18H22F6N4O2/c1-9-6-10-13(27-12(9)18(22,23)24)28(15(2,3)4)14(25-10)26-11(29)7-16(5,30)8-17(19,20)21/h6,30H,7-8H2,1-5H3,(H,25,26,29). The molecule has 0 aliphatic carbocycles. The van der Waals surface area contributed by atoms with E-state index in [1.807, 2.05) is 0 Å². The Morgan fingerprint density at radius 2 is 1.67 bits per heavy atom. The van der Waals surface area contributed by atoms with Crippen molar-refractivity contribution in [1.29, 1.82) is 0 Å². The van der Waals surface area contributed by atoms with Crippen molar-refractivity contribution in [2.75, 3.05) is 5.32 Å². The van der Waals surface area contributed by atoms with Crippen LogP contribution in [-0.4, -0.2) is 37.3 Å². The maximum atomic E-state index is 13.3. The van der Waals surface area contributed by atoms with Gasteiger partial charge in [0.25, 0.3) is 0 Å². The number of aryl methyl sites for hydroxylation is 1. The second-order valence-corrected chi connectivity index (χ2v) is 8.45. The van der Waals surface area contributed by atoms with Crippen LogP contribution in [-0.2, 0) is 16.5 Å². The number of pyridine rings is 1. The number of imidazole rings is 1. The third-order valence-corrected chi connectivity index (χ3v) is 4.14. The highest BCUT2D eigenvalue weighted by atomic mass is 19.4. The Hall–Kier alpha value is -2.37. The number of fused-ring (bicyclic) bond motifs is 1. The summed E-state index contributed by atoms with van der Waals surface area (Å²) in [5, 5.41) is 12.2. The molecule has 0 aliphatic rings. The Balaban J connectivity index is 2.48. The molecule has 168 valence electrons. The maximum Gasteiger partial charge on any atom is 0.433 e. The molecule has 1 unspecified atom stereocenters. The number of aromatic nitrogens is 3. The van der Waals surface area contributed by atoms with E-state index in [9.17, 15) is 36.2 Å². The van der Waals surface area contributed by atoms with Gasteiger partial charge in [-0.25, -0.2) is 9.97 Å². The van der Waals surface area contributed by atoms with E-state index in [1.54, 1.807) is 20.8 Å². The van der Waals surface area contributed by atoms with Crippen molar-refractivity contribution in [2.45, 2.75) is 71.0 Å². The van der Waals surface area contributed by atoms with E-state index < -0.39 is 47.9 Å². The van der Waals surface area contributed by atoms with Crippen LogP contribution in [0.25, 0.3) is 11.2 Å². The lowest BCUT2D eigenvalue weighted by atomic mass is 9.97. The molecule has 1 amide bonds. The van der Waals surface area contributed by atoms with Crippen molar-refractivity contribution in [3.05, 3.63) is 17.3 Å². The normalized spacial score (nSPS) is 15.3. The van der Waals surface area contributed by atoms with Crippen molar-refractivity contribution in [3.63, 3.8) is 0 Å². The molecule has 30 heavy (non-hydrogen) atoms. The van der Waals surface area contributed by atoms with Crippen LogP contribution < -0.4 is 5.32 Å². The van der Waals surface area contributed by atoms with Gasteiger partial charge in [-0.3, -0.25) is 14.7 Å². The van der Waals surface area contributed by atoms with Crippen molar-refractivity contribution < 1.29 is 36.2 Å². The van der Waals surface area contributed by atoms with Crippen molar-refractivity contribution >= 4 is 23.0 Å². The van der Waals surface area contributed by atoms with E-state index in [0.29, 0.717) is 0 Å². The monoisotopic (exact) mass is 440 g/mol. The highest BCUT2D eigenvalue weighted by Crippen LogP contribution is 2.35. The molecule has 0 saturated carbocycles. The second kappa shape index (κ2) is 7.40. The number of hydrogen-bond donors (Lipinski definition) is 2. The van der Waals surface area contributed by atoms with Gasteiger partial charge >= 0.3 is 12.4 Å². The van der Waals surface area contributed by atoms with Crippen molar-refractivity contribution in [3.8, 4) is 0 Å². The lowest BCUT2D eigenvalue weighted by molar-refractivity contribution is -0.174. The maximum absolute atomic E-state index is 13.3. The molecule has 0 saturated heterocycles. The first-order valence-corrected chi connectivity index (χ1v) is 8.87. The van der Waals surface area contributed by atoms with Crippen LogP contribution in [0.4, 0.5) is 32.3 Å². The minimum Gasteiger partial charge on any atom is -0.389 e. The Morgan fingerprint density at radius 3 is 2.13 bits per heavy atom. The summed E-state index contributed by atoms with van der Waals surface area (Å²) in [7, 11) is 0. The lowest BCUT2D eigenvalue weighted by Gasteiger charge is -2.26. The zero-order valence-corrected chi connectivity index (χ0v) is 17.0. The minimum absolute atomic E-state index is 0.0766. The third-order valence-electron chi connectivity index (χ3n) is 4.14. The number of anilines is 1. The molecule has 0 spiro atoms. The summed E-state index contributed by atoms with van der Waals surface area (Å²) >= 11 is 0. The summed E-state index contributed by atoms with van der Waals surface area (Å²) in [5.41, 5.74) is -4.58. The van der Waals surface area contributed by atoms with Crippen LogP contribution in [0.3, 0.4) is 0 Å². The number of carbonyl (C=O) groups is 1. The Morgan fingerprint density at radius 1 is 1.10 bits per heavy atom. The predicted molar refractivity (Wildman–Crippen MR) is 96.8 cm³/mol. The number of carbonyl (C=O) groups excluding carboxylic acids is 1. The largest absolute Gasteiger partial charge is 0.433 e. The Bertz CT molecular complexity index is 955. The van der Waals surface area contributed by atoms with Crippen molar-refractivity contribution in [2.24, 2.45) is 0 Å². The van der Waals surface area contributed by atoms with Crippen molar-refractivity contribution in [1.82, 2.24) is 14.5 Å². The molecular formula is C18H22F6N4O2. The first-order chi connectivity index (χ1) is 13.3. The summed E-state index contributed by atoms with van der Waals surface area (Å²) in [6.45, 7) is 7.00. The number of nitrogens with one attached hydrogen (secondary N) is 1. The van der Waals surface area contributed by atoms with Gasteiger partial charge in [0.15, 0.2) is 5.65 Å². The molecule has 2 N–H and O–H groups in total. The fourth-order valence-electron chi connectivity index (χ4n) is 3.12. The first kappa shape index (κ1) is 23.9. The molecule has 0 bridgehead atoms. The van der Waals surface area contributed by atoms with Gasteiger partial charge in [0, 0.05) is 5.54 Å². The predicted octanol–water partition coefficient (Wildman–Crippen LogP) is 4.55. The van der Waals surface area contributed by atoms with E-state index in [1.165, 1.54) is 17.6 Å². The summed E-state index contributed by atoms with van der Waals surface area (Å²) < 4.78 is 78.7. The Labute approximate surface area is 168 Å². The number of amides is 1. The minimum atomic E-state index is -4.70. The lowest BCUT2D eigenvalue weighted by Crippen LogP contribution is -2.36. The molecule has 0 radical (unpaired) electrons. The topological polar surface area (TPSA) is 80.0 Å². The zero-order chi connectivity index (χ0) is 23.3. The molecule has 0 aromatic carbocycles. The van der Waals surface area contributed by atoms with Gasteiger partial charge in [-0.1, -0.05) is 0 Å². The number of aliphatic hydroxyl groups is 1. The molecule has 2 rings (SSSR count). The molecular weight excluding hydrogens is 418 g/mol. The Kier molecular flexibility index (Phi) is 5.89. The molecule has 0 aliphatic heterocycles. The molecule has 12 heteroatoms. The molecule has 1 atom stereocenters. The van der Waals surface area contributed by atoms with E-state index in [-0.39, 0.29) is 22.7 Å². The molecule has 2 aromatic heterocycles. The average molecular weight is 440 g/mol. The van der Waals surface area contributed by atoms with E-state index in [2.05, 4.69) is 15.3 Å². The molecule has 0 fully saturated rings. The van der Waals surface area contributed by atoms with Gasteiger partial charge in [0.2, 0.25) is 11.9 Å². The summed E-state index contributed by atoms with van der Waals surface area (Å²) in [6, 6.07) is 1.17. The third kappa shape index (κ3) is 5.61. The average Bonchev–Trinajstić information content (AvgIpc) is 2.77. The van der Waals surface area contributed by atoms with Crippen LogP contribution >= 0.6 is 0 Å². The quantitative estimate of drug-likeness (QED) is 0.684. The van der Waals surface area contributed by atoms with Crippen LogP contribution in [0, 0.1) is 6.92 Å². The molecule has 2 heterocycles. The highest BCUT2D eigenvalue weighted by molar-refractivity contribution is 5.91. The second-order valence-electron chi connectivity index (χ2n) is 8.45. The summed E-state index contributed by atoms with van der Waals surface area (Å²) in [4.78, 5) is 20.1. The van der Waals surface area contributed by atoms with Gasteiger partial charge < -0.3 is 5.11 Å². The number of nitrogens with zero attached hydrogens (tertiary/aromatic N) is 3. The number of rotatable bonds is 4. The number of alkyl halides is 6. The number of halogens is 6. The van der Waals surface area contributed by atoms with E-state index >= 15 is 0 Å². The van der Waals surface area contributed by atoms with Crippen LogP contribution in [0.15, 0.2) is 6.07 Å². The summed E-state index contributed by atoms with van der Waals surface area (Å²) in [5.74, 6) is -1.16. The fraction of sp³-hybridized carbons (Fsp3) is 0.611. The highest BCUT2D eigenvalue weighted by Gasteiger charge is 2.40. The van der Waals surface area contributed by atoms with Gasteiger partial charge in [0.05, 0.1) is 18.4 Å². The molecule has 2 aromatic rings. The van der Waals surface area contributed by atoms with Gasteiger partial charge in [-0.2, -0.15) is 26.3 Å². The van der Waals surface area contributed by atoms with E-state index in [0.717, 1.165) is 6.92 Å². The van der Waals surface area contributed by atoms with Crippen LogP contribution in [0.2, 0.25) is 0 Å².